The number of hydrogen-bond donors (Lipinski definition) is 1. The fraction of sp³-hybridized carbons (Fsp3) is 0.429. The molecule has 0 aromatic heterocycles. The molecule has 0 saturated carbocycles. The molecule has 1 aliphatic carbocycles. The second kappa shape index (κ2) is 5.55. The maximum absolute atomic E-state index is 4.05. The summed E-state index contributed by atoms with van der Waals surface area (Å²) in [6.07, 6.45) is 3.86. The SMILES string of the molecule is C=C(CNC)CSc1ccc2c(c1)CCC2. The maximum atomic E-state index is 4.05. The second-order valence-electron chi connectivity index (χ2n) is 4.35. The minimum Gasteiger partial charge on any atom is -0.316 e. The predicted octanol–water partition coefficient (Wildman–Crippen LogP) is 3.04. The minimum absolute atomic E-state index is 0.915. The highest BCUT2D eigenvalue weighted by Gasteiger charge is 2.10. The van der Waals surface area contributed by atoms with E-state index in [1.807, 2.05) is 18.8 Å². The lowest BCUT2D eigenvalue weighted by atomic mass is 10.1. The van der Waals surface area contributed by atoms with E-state index in [1.165, 1.54) is 29.7 Å². The highest BCUT2D eigenvalue weighted by molar-refractivity contribution is 7.99. The number of nitrogens with one attached hydrogen (secondary N) is 1. The van der Waals surface area contributed by atoms with Crippen molar-refractivity contribution in [2.75, 3.05) is 19.3 Å². The van der Waals surface area contributed by atoms with Crippen LogP contribution in [0.4, 0.5) is 0 Å². The van der Waals surface area contributed by atoms with Crippen molar-refractivity contribution in [3.05, 3.63) is 41.5 Å². The van der Waals surface area contributed by atoms with Crippen LogP contribution in [-0.2, 0) is 12.8 Å². The maximum Gasteiger partial charge on any atom is 0.0200 e. The molecule has 0 bridgehead atoms. The van der Waals surface area contributed by atoms with Gasteiger partial charge in [0.15, 0.2) is 0 Å². The summed E-state index contributed by atoms with van der Waals surface area (Å²) >= 11 is 1.89. The van der Waals surface area contributed by atoms with Crippen LogP contribution in [0.1, 0.15) is 17.5 Å². The summed E-state index contributed by atoms with van der Waals surface area (Å²) in [6, 6.07) is 6.91. The molecule has 2 rings (SSSR count). The summed E-state index contributed by atoms with van der Waals surface area (Å²) in [6.45, 7) is 4.96. The van der Waals surface area contributed by atoms with E-state index in [1.54, 1.807) is 11.1 Å². The summed E-state index contributed by atoms with van der Waals surface area (Å²) in [4.78, 5) is 1.39. The Bertz CT molecular complexity index is 384. The Balaban J connectivity index is 1.93. The van der Waals surface area contributed by atoms with Gasteiger partial charge in [0.25, 0.3) is 0 Å². The van der Waals surface area contributed by atoms with Crippen LogP contribution >= 0.6 is 11.8 Å². The molecule has 0 spiro atoms. The van der Waals surface area contributed by atoms with Crippen molar-refractivity contribution in [1.29, 1.82) is 0 Å². The van der Waals surface area contributed by atoms with Crippen molar-refractivity contribution in [2.45, 2.75) is 24.2 Å². The molecule has 1 aromatic rings. The highest BCUT2D eigenvalue weighted by Crippen LogP contribution is 2.28. The molecule has 0 heterocycles. The topological polar surface area (TPSA) is 12.0 Å². The Morgan fingerprint density at radius 1 is 1.38 bits per heavy atom. The van der Waals surface area contributed by atoms with Crippen molar-refractivity contribution in [1.82, 2.24) is 5.32 Å². The quantitative estimate of drug-likeness (QED) is 0.620. The van der Waals surface area contributed by atoms with Crippen molar-refractivity contribution < 1.29 is 0 Å². The lowest BCUT2D eigenvalue weighted by molar-refractivity contribution is 0.885. The smallest absolute Gasteiger partial charge is 0.0200 e. The summed E-state index contributed by atoms with van der Waals surface area (Å²) in [7, 11) is 1.96. The molecule has 0 saturated heterocycles. The number of fused-ring (bicyclic) bond motifs is 1. The molecule has 1 N–H and O–H groups in total. The molecule has 16 heavy (non-hydrogen) atoms. The third-order valence-corrected chi connectivity index (χ3v) is 4.08. The summed E-state index contributed by atoms with van der Waals surface area (Å²) in [5.41, 5.74) is 4.37. The van der Waals surface area contributed by atoms with E-state index in [9.17, 15) is 0 Å². The Morgan fingerprint density at radius 2 is 2.19 bits per heavy atom. The van der Waals surface area contributed by atoms with Gasteiger partial charge < -0.3 is 5.32 Å². The molecule has 0 amide bonds. The first kappa shape index (κ1) is 11.7. The minimum atomic E-state index is 0.915. The molecule has 1 nitrogen and oxygen atoms in total. The Morgan fingerprint density at radius 3 is 3.00 bits per heavy atom. The van der Waals surface area contributed by atoms with Gasteiger partial charge in [0.05, 0.1) is 0 Å². The first-order chi connectivity index (χ1) is 7.79. The van der Waals surface area contributed by atoms with E-state index >= 15 is 0 Å². The zero-order valence-electron chi connectivity index (χ0n) is 9.88. The molecule has 0 atom stereocenters. The van der Waals surface area contributed by atoms with Crippen LogP contribution in [-0.4, -0.2) is 19.3 Å². The Labute approximate surface area is 102 Å². The van der Waals surface area contributed by atoms with Gasteiger partial charge in [0.2, 0.25) is 0 Å². The monoisotopic (exact) mass is 233 g/mol. The van der Waals surface area contributed by atoms with Gasteiger partial charge in [0, 0.05) is 17.2 Å². The van der Waals surface area contributed by atoms with Gasteiger partial charge in [-0.05, 0) is 49.6 Å². The summed E-state index contributed by atoms with van der Waals surface area (Å²) in [5.74, 6) is 1.01. The summed E-state index contributed by atoms with van der Waals surface area (Å²) < 4.78 is 0. The van der Waals surface area contributed by atoms with Gasteiger partial charge >= 0.3 is 0 Å². The number of benzene rings is 1. The van der Waals surface area contributed by atoms with E-state index < -0.39 is 0 Å². The molecule has 1 aliphatic rings. The predicted molar refractivity (Wildman–Crippen MR) is 72.3 cm³/mol. The molecule has 0 unspecified atom stereocenters. The second-order valence-corrected chi connectivity index (χ2v) is 5.40. The third-order valence-electron chi connectivity index (χ3n) is 2.94. The number of likely N-dealkylation sites (N-methyl/N-ethyl adjacent to an activating group) is 1. The van der Waals surface area contributed by atoms with E-state index in [-0.39, 0.29) is 0 Å². The van der Waals surface area contributed by atoms with E-state index in [0.717, 1.165) is 12.3 Å². The number of rotatable bonds is 5. The zero-order chi connectivity index (χ0) is 11.4. The van der Waals surface area contributed by atoms with Gasteiger partial charge in [0.1, 0.15) is 0 Å². The van der Waals surface area contributed by atoms with E-state index in [0.29, 0.717) is 0 Å². The molecule has 86 valence electrons. The Hall–Kier alpha value is -0.730. The van der Waals surface area contributed by atoms with Gasteiger partial charge in [-0.25, -0.2) is 0 Å². The third kappa shape index (κ3) is 2.89. The van der Waals surface area contributed by atoms with Gasteiger partial charge in [-0.1, -0.05) is 18.2 Å². The molecule has 0 radical (unpaired) electrons. The molecule has 0 fully saturated rings. The standard InChI is InChI=1S/C14H19NS/c1-11(9-15-2)10-16-14-7-6-12-4-3-5-13(12)8-14/h6-8,15H,1,3-5,9-10H2,2H3. The van der Waals surface area contributed by atoms with Gasteiger partial charge in [-0.3, -0.25) is 0 Å². The Kier molecular flexibility index (Phi) is 4.08. The number of thioether (sulfide) groups is 1. The molecule has 1 aromatic carbocycles. The summed E-state index contributed by atoms with van der Waals surface area (Å²) in [5, 5.41) is 3.13. The average Bonchev–Trinajstić information content (AvgIpc) is 2.74. The molecular weight excluding hydrogens is 214 g/mol. The fourth-order valence-corrected chi connectivity index (χ4v) is 2.99. The fourth-order valence-electron chi connectivity index (χ4n) is 2.12. The van der Waals surface area contributed by atoms with Crippen molar-refractivity contribution in [2.24, 2.45) is 0 Å². The van der Waals surface area contributed by atoms with Crippen LogP contribution in [0.25, 0.3) is 0 Å². The van der Waals surface area contributed by atoms with Crippen LogP contribution in [0.5, 0.6) is 0 Å². The first-order valence-corrected chi connectivity index (χ1v) is 6.84. The lowest BCUT2D eigenvalue weighted by Gasteiger charge is -2.06. The van der Waals surface area contributed by atoms with Crippen molar-refractivity contribution in [3.63, 3.8) is 0 Å². The van der Waals surface area contributed by atoms with Crippen LogP contribution in [0.2, 0.25) is 0 Å². The lowest BCUT2D eigenvalue weighted by Crippen LogP contribution is -2.10. The molecular formula is C14H19NS. The van der Waals surface area contributed by atoms with E-state index in [2.05, 4.69) is 30.1 Å². The van der Waals surface area contributed by atoms with Gasteiger partial charge in [-0.2, -0.15) is 0 Å². The van der Waals surface area contributed by atoms with Crippen molar-refractivity contribution >= 4 is 11.8 Å². The average molecular weight is 233 g/mol. The number of aryl methyl sites for hydroxylation is 2. The highest BCUT2D eigenvalue weighted by atomic mass is 32.2. The van der Waals surface area contributed by atoms with Crippen LogP contribution in [0, 0.1) is 0 Å². The number of hydrogen-bond acceptors (Lipinski definition) is 2. The van der Waals surface area contributed by atoms with Crippen LogP contribution < -0.4 is 5.32 Å². The van der Waals surface area contributed by atoms with E-state index in [4.69, 9.17) is 0 Å². The zero-order valence-corrected chi connectivity index (χ0v) is 10.7. The van der Waals surface area contributed by atoms with Gasteiger partial charge in [-0.15, -0.1) is 11.8 Å². The normalized spacial score (nSPS) is 13.8. The van der Waals surface area contributed by atoms with Crippen LogP contribution in [0.15, 0.2) is 35.2 Å². The van der Waals surface area contributed by atoms with Crippen molar-refractivity contribution in [3.8, 4) is 0 Å². The van der Waals surface area contributed by atoms with Crippen LogP contribution in [0.3, 0.4) is 0 Å². The molecule has 0 aliphatic heterocycles. The first-order valence-electron chi connectivity index (χ1n) is 5.85. The molecule has 2 heteroatoms. The largest absolute Gasteiger partial charge is 0.316 e.